The lowest BCUT2D eigenvalue weighted by atomic mass is 10.2. The quantitative estimate of drug-likeness (QED) is 0.859. The van der Waals surface area contributed by atoms with E-state index in [0.717, 1.165) is 6.26 Å². The van der Waals surface area contributed by atoms with Crippen LogP contribution in [0.3, 0.4) is 0 Å². The molecule has 0 radical (unpaired) electrons. The van der Waals surface area contributed by atoms with Crippen LogP contribution in [0.25, 0.3) is 0 Å². The van der Waals surface area contributed by atoms with Crippen molar-refractivity contribution in [2.45, 2.75) is 26.4 Å². The van der Waals surface area contributed by atoms with Gasteiger partial charge in [-0.3, -0.25) is 4.72 Å². The van der Waals surface area contributed by atoms with Gasteiger partial charge in [0.25, 0.3) is 0 Å². The van der Waals surface area contributed by atoms with E-state index in [1.54, 1.807) is 23.1 Å². The Morgan fingerprint density at radius 1 is 1.20 bits per heavy atom. The maximum absolute atomic E-state index is 12.1. The molecule has 1 aromatic carbocycles. The number of hydrogen-bond acceptors (Lipinski definition) is 5. The van der Waals surface area contributed by atoms with Crippen LogP contribution >= 0.6 is 11.6 Å². The normalized spacial score (nSPS) is 15.9. The fourth-order valence-corrected chi connectivity index (χ4v) is 3.42. The summed E-state index contributed by atoms with van der Waals surface area (Å²) in [6, 6.07) is 5.07. The smallest absolute Gasteiger partial charge is 0.410 e. The maximum Gasteiger partial charge on any atom is 0.410 e. The van der Waals surface area contributed by atoms with Crippen LogP contribution in [0.5, 0.6) is 0 Å². The van der Waals surface area contributed by atoms with Gasteiger partial charge in [0, 0.05) is 26.2 Å². The summed E-state index contributed by atoms with van der Waals surface area (Å²) in [5, 5.41) is 0.458. The zero-order valence-electron chi connectivity index (χ0n) is 14.9. The Labute approximate surface area is 153 Å². The summed E-state index contributed by atoms with van der Waals surface area (Å²) in [5.41, 5.74) is 0.517. The number of piperazine rings is 1. The zero-order chi connectivity index (χ0) is 18.8. The second-order valence-corrected chi connectivity index (χ2v) is 9.12. The van der Waals surface area contributed by atoms with E-state index in [1.807, 2.05) is 25.7 Å². The number of para-hydroxylation sites is 1. The van der Waals surface area contributed by atoms with E-state index in [2.05, 4.69) is 4.72 Å². The third-order valence-corrected chi connectivity index (χ3v) is 4.43. The van der Waals surface area contributed by atoms with Crippen LogP contribution in [0.1, 0.15) is 20.8 Å². The molecule has 0 saturated carbocycles. The van der Waals surface area contributed by atoms with Gasteiger partial charge in [-0.05, 0) is 32.9 Å². The van der Waals surface area contributed by atoms with Crippen LogP contribution in [0, 0.1) is 0 Å². The first kappa shape index (κ1) is 19.7. The Kier molecular flexibility index (Phi) is 5.73. The first-order valence-corrected chi connectivity index (χ1v) is 10.2. The fraction of sp³-hybridized carbons (Fsp3) is 0.562. The van der Waals surface area contributed by atoms with E-state index in [9.17, 15) is 13.2 Å². The fourth-order valence-electron chi connectivity index (χ4n) is 2.56. The summed E-state index contributed by atoms with van der Waals surface area (Å²) in [5.74, 6) is 0. The van der Waals surface area contributed by atoms with Crippen molar-refractivity contribution in [3.63, 3.8) is 0 Å². The van der Waals surface area contributed by atoms with Gasteiger partial charge in [-0.2, -0.15) is 0 Å². The SMILES string of the molecule is CC(C)(C)OC(=O)N1CCN(c2c(Cl)cccc2NS(C)(=O)=O)CC1. The van der Waals surface area contributed by atoms with Gasteiger partial charge in [0.05, 0.1) is 22.7 Å². The highest BCUT2D eigenvalue weighted by atomic mass is 35.5. The van der Waals surface area contributed by atoms with Crippen molar-refractivity contribution in [2.24, 2.45) is 0 Å². The lowest BCUT2D eigenvalue weighted by Crippen LogP contribution is -2.50. The number of anilines is 2. The van der Waals surface area contributed by atoms with E-state index >= 15 is 0 Å². The summed E-state index contributed by atoms with van der Waals surface area (Å²) in [6.07, 6.45) is 0.749. The Morgan fingerprint density at radius 3 is 2.32 bits per heavy atom. The van der Waals surface area contributed by atoms with E-state index in [0.29, 0.717) is 42.6 Å². The van der Waals surface area contributed by atoms with Crippen molar-refractivity contribution in [2.75, 3.05) is 42.1 Å². The molecule has 2 rings (SSSR count). The predicted octanol–water partition coefficient (Wildman–Crippen LogP) is 2.77. The van der Waals surface area contributed by atoms with Crippen LogP contribution in [0.4, 0.5) is 16.2 Å². The number of carbonyl (C=O) groups excluding carboxylic acids is 1. The Balaban J connectivity index is 2.12. The second kappa shape index (κ2) is 7.29. The molecular formula is C16H24ClN3O4S. The Hall–Kier alpha value is -1.67. The summed E-state index contributed by atoms with van der Waals surface area (Å²) >= 11 is 6.30. The number of sulfonamides is 1. The molecule has 0 bridgehead atoms. The molecule has 1 amide bonds. The van der Waals surface area contributed by atoms with Gasteiger partial charge >= 0.3 is 6.09 Å². The van der Waals surface area contributed by atoms with Crippen LogP contribution in [0.15, 0.2) is 18.2 Å². The second-order valence-electron chi connectivity index (χ2n) is 6.96. The molecule has 1 N–H and O–H groups in total. The largest absolute Gasteiger partial charge is 0.444 e. The average molecular weight is 390 g/mol. The lowest BCUT2D eigenvalue weighted by Gasteiger charge is -2.37. The number of ether oxygens (including phenoxy) is 1. The standard InChI is InChI=1S/C16H24ClN3O4S/c1-16(2,3)24-15(21)20-10-8-19(9-11-20)14-12(17)6-5-7-13(14)18-25(4,22)23/h5-7,18H,8-11H2,1-4H3. The van der Waals surface area contributed by atoms with Crippen molar-refractivity contribution in [1.82, 2.24) is 4.90 Å². The van der Waals surface area contributed by atoms with Crippen molar-refractivity contribution >= 4 is 39.1 Å². The molecule has 25 heavy (non-hydrogen) atoms. The molecule has 9 heteroatoms. The predicted molar refractivity (Wildman–Crippen MR) is 99.9 cm³/mol. The van der Waals surface area contributed by atoms with Gasteiger partial charge in [-0.15, -0.1) is 0 Å². The highest BCUT2D eigenvalue weighted by Crippen LogP contribution is 2.35. The van der Waals surface area contributed by atoms with Crippen molar-refractivity contribution < 1.29 is 17.9 Å². The molecule has 1 heterocycles. The Bertz CT molecular complexity index is 738. The number of halogens is 1. The lowest BCUT2D eigenvalue weighted by molar-refractivity contribution is 0.0240. The molecule has 7 nitrogen and oxygen atoms in total. The van der Waals surface area contributed by atoms with Crippen LogP contribution in [-0.2, 0) is 14.8 Å². The highest BCUT2D eigenvalue weighted by Gasteiger charge is 2.27. The first-order valence-electron chi connectivity index (χ1n) is 7.95. The van der Waals surface area contributed by atoms with Gasteiger partial charge in [0.15, 0.2) is 0 Å². The van der Waals surface area contributed by atoms with E-state index in [1.165, 1.54) is 0 Å². The van der Waals surface area contributed by atoms with Crippen LogP contribution in [-0.4, -0.2) is 57.4 Å². The number of amides is 1. The van der Waals surface area contributed by atoms with Gasteiger partial charge in [0.2, 0.25) is 10.0 Å². The number of rotatable bonds is 3. The van der Waals surface area contributed by atoms with E-state index in [4.69, 9.17) is 16.3 Å². The van der Waals surface area contributed by atoms with E-state index < -0.39 is 15.6 Å². The van der Waals surface area contributed by atoms with Gasteiger partial charge in [0.1, 0.15) is 5.60 Å². The minimum atomic E-state index is -3.42. The number of carbonyl (C=O) groups is 1. The molecule has 1 aliphatic heterocycles. The molecule has 1 fully saturated rings. The van der Waals surface area contributed by atoms with Gasteiger partial charge < -0.3 is 14.5 Å². The van der Waals surface area contributed by atoms with Crippen molar-refractivity contribution in [3.05, 3.63) is 23.2 Å². The molecule has 1 aliphatic rings. The number of benzene rings is 1. The average Bonchev–Trinajstić information content (AvgIpc) is 2.44. The Morgan fingerprint density at radius 2 is 1.80 bits per heavy atom. The molecular weight excluding hydrogens is 366 g/mol. The number of nitrogens with zero attached hydrogens (tertiary/aromatic N) is 2. The molecule has 0 unspecified atom stereocenters. The first-order chi connectivity index (χ1) is 11.5. The third-order valence-electron chi connectivity index (χ3n) is 3.53. The van der Waals surface area contributed by atoms with Gasteiger partial charge in [-0.1, -0.05) is 17.7 Å². The van der Waals surface area contributed by atoms with Crippen LogP contribution < -0.4 is 9.62 Å². The van der Waals surface area contributed by atoms with Crippen molar-refractivity contribution in [3.8, 4) is 0 Å². The number of nitrogens with one attached hydrogen (secondary N) is 1. The monoisotopic (exact) mass is 389 g/mol. The maximum atomic E-state index is 12.1. The molecule has 0 spiro atoms. The van der Waals surface area contributed by atoms with Gasteiger partial charge in [-0.25, -0.2) is 13.2 Å². The number of hydrogen-bond donors (Lipinski definition) is 1. The minimum Gasteiger partial charge on any atom is -0.444 e. The topological polar surface area (TPSA) is 79.0 Å². The summed E-state index contributed by atoms with van der Waals surface area (Å²) in [6.45, 7) is 7.48. The molecule has 0 aliphatic carbocycles. The summed E-state index contributed by atoms with van der Waals surface area (Å²) in [4.78, 5) is 15.8. The summed E-state index contributed by atoms with van der Waals surface area (Å²) in [7, 11) is -3.42. The molecule has 140 valence electrons. The van der Waals surface area contributed by atoms with E-state index in [-0.39, 0.29) is 6.09 Å². The molecule has 0 aromatic heterocycles. The summed E-state index contributed by atoms with van der Waals surface area (Å²) < 4.78 is 31.0. The molecule has 1 saturated heterocycles. The third kappa shape index (κ3) is 5.67. The zero-order valence-corrected chi connectivity index (χ0v) is 16.4. The minimum absolute atomic E-state index is 0.346. The highest BCUT2D eigenvalue weighted by molar-refractivity contribution is 7.92. The molecule has 1 aromatic rings. The van der Waals surface area contributed by atoms with Crippen molar-refractivity contribution in [1.29, 1.82) is 0 Å². The molecule has 0 atom stereocenters. The van der Waals surface area contributed by atoms with Crippen LogP contribution in [0.2, 0.25) is 5.02 Å².